The molecule has 0 saturated carbocycles. The number of ether oxygens (including phenoxy) is 1. The van der Waals surface area contributed by atoms with E-state index in [4.69, 9.17) is 15.7 Å². The molecule has 2 rings (SSSR count). The van der Waals surface area contributed by atoms with Crippen LogP contribution in [0.2, 0.25) is 0 Å². The van der Waals surface area contributed by atoms with Gasteiger partial charge in [0, 0.05) is 0 Å². The van der Waals surface area contributed by atoms with Crippen molar-refractivity contribution in [3.63, 3.8) is 0 Å². The molecule has 4 heteroatoms. The largest absolute Gasteiger partial charge is 0.486 e. The number of hydrogen-bond acceptors (Lipinski definition) is 3. The molecule has 0 atom stereocenters. The van der Waals surface area contributed by atoms with E-state index in [9.17, 15) is 0 Å². The van der Waals surface area contributed by atoms with Gasteiger partial charge in [0.2, 0.25) is 0 Å². The van der Waals surface area contributed by atoms with Crippen LogP contribution in [0.4, 0.5) is 5.69 Å². The van der Waals surface area contributed by atoms with Crippen molar-refractivity contribution in [2.24, 2.45) is 0 Å². The standard InChI is InChI=1S/C16H15IN2O/c1-10-3-4-12(5-11(10)2)9-20-16-14(17)6-13(8-18)7-15(16)19/h3-7H,9,19H2,1-2H3. The Hall–Kier alpha value is -1.74. The van der Waals surface area contributed by atoms with Gasteiger partial charge in [-0.05, 0) is 65.3 Å². The van der Waals surface area contributed by atoms with Gasteiger partial charge in [-0.2, -0.15) is 5.26 Å². The number of benzene rings is 2. The summed E-state index contributed by atoms with van der Waals surface area (Å²) in [7, 11) is 0. The van der Waals surface area contributed by atoms with Crippen molar-refractivity contribution in [2.75, 3.05) is 5.73 Å². The maximum Gasteiger partial charge on any atom is 0.156 e. The van der Waals surface area contributed by atoms with Crippen molar-refractivity contribution in [3.8, 4) is 11.8 Å². The highest BCUT2D eigenvalue weighted by Gasteiger charge is 2.09. The Bertz CT molecular complexity index is 666. The molecule has 0 fully saturated rings. The smallest absolute Gasteiger partial charge is 0.156 e. The van der Waals surface area contributed by atoms with Crippen molar-refractivity contribution in [2.45, 2.75) is 20.5 Å². The van der Waals surface area contributed by atoms with E-state index < -0.39 is 0 Å². The molecule has 20 heavy (non-hydrogen) atoms. The van der Waals surface area contributed by atoms with E-state index in [2.05, 4.69) is 60.7 Å². The van der Waals surface area contributed by atoms with E-state index >= 15 is 0 Å². The molecular weight excluding hydrogens is 363 g/mol. The molecule has 0 aliphatic rings. The van der Waals surface area contributed by atoms with Gasteiger partial charge < -0.3 is 10.5 Å². The number of rotatable bonds is 3. The summed E-state index contributed by atoms with van der Waals surface area (Å²) >= 11 is 2.13. The minimum atomic E-state index is 0.465. The normalized spacial score (nSPS) is 10.1. The zero-order valence-corrected chi connectivity index (χ0v) is 13.6. The van der Waals surface area contributed by atoms with Crippen molar-refractivity contribution in [1.29, 1.82) is 5.26 Å². The summed E-state index contributed by atoms with van der Waals surface area (Å²) in [5.74, 6) is 0.642. The predicted octanol–water partition coefficient (Wildman–Crippen LogP) is 3.94. The number of halogens is 1. The third-order valence-electron chi connectivity index (χ3n) is 3.16. The van der Waals surface area contributed by atoms with Crippen molar-refractivity contribution < 1.29 is 4.74 Å². The second-order valence-corrected chi connectivity index (χ2v) is 5.86. The Morgan fingerprint density at radius 2 is 1.95 bits per heavy atom. The number of nitriles is 1. The summed E-state index contributed by atoms with van der Waals surface area (Å²) in [6.07, 6.45) is 0. The summed E-state index contributed by atoms with van der Waals surface area (Å²) in [4.78, 5) is 0. The Morgan fingerprint density at radius 1 is 1.20 bits per heavy atom. The third kappa shape index (κ3) is 3.23. The van der Waals surface area contributed by atoms with Gasteiger partial charge in [0.05, 0.1) is 20.9 Å². The minimum absolute atomic E-state index is 0.465. The summed E-state index contributed by atoms with van der Waals surface area (Å²) in [6, 6.07) is 11.7. The minimum Gasteiger partial charge on any atom is -0.486 e. The molecule has 2 N–H and O–H groups in total. The zero-order chi connectivity index (χ0) is 14.7. The molecule has 3 nitrogen and oxygen atoms in total. The Balaban J connectivity index is 2.19. The van der Waals surface area contributed by atoms with E-state index in [1.807, 2.05) is 0 Å². The molecule has 0 unspecified atom stereocenters. The lowest BCUT2D eigenvalue weighted by Crippen LogP contribution is -2.02. The van der Waals surface area contributed by atoms with Crippen LogP contribution < -0.4 is 10.5 Å². The van der Waals surface area contributed by atoms with Gasteiger partial charge in [0.25, 0.3) is 0 Å². The van der Waals surface area contributed by atoms with Crippen LogP contribution in [0.1, 0.15) is 22.3 Å². The Labute approximate surface area is 132 Å². The molecule has 0 radical (unpaired) electrons. The number of nitrogen functional groups attached to an aromatic ring is 1. The molecule has 0 heterocycles. The van der Waals surface area contributed by atoms with Crippen molar-refractivity contribution >= 4 is 28.3 Å². The molecule has 0 aliphatic heterocycles. The lowest BCUT2D eigenvalue weighted by Gasteiger charge is -2.12. The fourth-order valence-electron chi connectivity index (χ4n) is 1.88. The average Bonchev–Trinajstić information content (AvgIpc) is 2.41. The van der Waals surface area contributed by atoms with E-state index in [0.29, 0.717) is 23.6 Å². The summed E-state index contributed by atoms with van der Waals surface area (Å²) in [5.41, 5.74) is 10.6. The first-order valence-electron chi connectivity index (χ1n) is 6.19. The maximum absolute atomic E-state index is 8.89. The van der Waals surface area contributed by atoms with E-state index in [1.54, 1.807) is 12.1 Å². The van der Waals surface area contributed by atoms with Gasteiger partial charge in [-0.3, -0.25) is 0 Å². The molecular formula is C16H15IN2O. The monoisotopic (exact) mass is 378 g/mol. The van der Waals surface area contributed by atoms with Gasteiger partial charge in [-0.15, -0.1) is 0 Å². The maximum atomic E-state index is 8.89. The molecule has 2 aromatic carbocycles. The van der Waals surface area contributed by atoms with E-state index in [-0.39, 0.29) is 0 Å². The highest BCUT2D eigenvalue weighted by Crippen LogP contribution is 2.30. The highest BCUT2D eigenvalue weighted by atomic mass is 127. The van der Waals surface area contributed by atoms with Gasteiger partial charge in [-0.25, -0.2) is 0 Å². The first-order valence-corrected chi connectivity index (χ1v) is 7.27. The molecule has 2 aromatic rings. The fraction of sp³-hybridized carbons (Fsp3) is 0.188. The molecule has 0 saturated heterocycles. The van der Waals surface area contributed by atoms with Crippen LogP contribution in [0.25, 0.3) is 0 Å². The van der Waals surface area contributed by atoms with Crippen LogP contribution in [0.5, 0.6) is 5.75 Å². The quantitative estimate of drug-likeness (QED) is 0.650. The topological polar surface area (TPSA) is 59.0 Å². The first-order chi connectivity index (χ1) is 9.51. The van der Waals surface area contributed by atoms with Gasteiger partial charge in [0.1, 0.15) is 6.61 Å². The van der Waals surface area contributed by atoms with E-state index in [0.717, 1.165) is 9.13 Å². The summed E-state index contributed by atoms with van der Waals surface area (Å²) in [6.45, 7) is 4.63. The van der Waals surface area contributed by atoms with Gasteiger partial charge in [0.15, 0.2) is 5.75 Å². The molecule has 0 amide bonds. The van der Waals surface area contributed by atoms with Crippen LogP contribution in [0, 0.1) is 28.7 Å². The molecule has 102 valence electrons. The number of nitrogens with two attached hydrogens (primary N) is 1. The van der Waals surface area contributed by atoms with Crippen LogP contribution in [0.15, 0.2) is 30.3 Å². The molecule has 0 aliphatic carbocycles. The summed E-state index contributed by atoms with van der Waals surface area (Å²) < 4.78 is 6.66. The van der Waals surface area contributed by atoms with E-state index in [1.165, 1.54) is 11.1 Å². The second kappa shape index (κ2) is 6.14. The van der Waals surface area contributed by atoms with Gasteiger partial charge >= 0.3 is 0 Å². The molecule has 0 aromatic heterocycles. The van der Waals surface area contributed by atoms with Crippen LogP contribution in [-0.2, 0) is 6.61 Å². The van der Waals surface area contributed by atoms with Crippen LogP contribution in [0.3, 0.4) is 0 Å². The Kier molecular flexibility index (Phi) is 4.50. The zero-order valence-electron chi connectivity index (χ0n) is 11.4. The second-order valence-electron chi connectivity index (χ2n) is 4.70. The number of anilines is 1. The highest BCUT2D eigenvalue weighted by molar-refractivity contribution is 14.1. The van der Waals surface area contributed by atoms with Crippen LogP contribution >= 0.6 is 22.6 Å². The summed E-state index contributed by atoms with van der Waals surface area (Å²) in [5, 5.41) is 8.89. The first kappa shape index (κ1) is 14.7. The number of hydrogen-bond donors (Lipinski definition) is 1. The van der Waals surface area contributed by atoms with Gasteiger partial charge in [-0.1, -0.05) is 18.2 Å². The third-order valence-corrected chi connectivity index (χ3v) is 3.96. The molecule has 0 bridgehead atoms. The number of nitrogens with zero attached hydrogens (tertiary/aromatic N) is 1. The number of aryl methyl sites for hydroxylation is 2. The van der Waals surface area contributed by atoms with Crippen molar-refractivity contribution in [1.82, 2.24) is 0 Å². The average molecular weight is 378 g/mol. The lowest BCUT2D eigenvalue weighted by molar-refractivity contribution is 0.305. The fourth-order valence-corrected chi connectivity index (χ4v) is 2.68. The predicted molar refractivity (Wildman–Crippen MR) is 88.5 cm³/mol. The Morgan fingerprint density at radius 3 is 2.55 bits per heavy atom. The molecule has 0 spiro atoms. The van der Waals surface area contributed by atoms with Crippen LogP contribution in [-0.4, -0.2) is 0 Å². The SMILES string of the molecule is Cc1ccc(COc2c(N)cc(C#N)cc2I)cc1C. The van der Waals surface area contributed by atoms with Crippen molar-refractivity contribution in [3.05, 3.63) is 56.2 Å². The lowest BCUT2D eigenvalue weighted by atomic mass is 10.1.